The lowest BCUT2D eigenvalue weighted by Gasteiger charge is -2.37. The summed E-state index contributed by atoms with van der Waals surface area (Å²) in [4.78, 5) is 47.3. The highest BCUT2D eigenvalue weighted by Gasteiger charge is 2.74. The predicted octanol–water partition coefficient (Wildman–Crippen LogP) is 3.76. The average molecular weight is 546 g/mol. The summed E-state index contributed by atoms with van der Waals surface area (Å²) in [6, 6.07) is 6.32. The molecule has 4 rings (SSSR count). The van der Waals surface area contributed by atoms with Crippen LogP contribution in [0.2, 0.25) is 5.02 Å². The van der Waals surface area contributed by atoms with Gasteiger partial charge in [0.2, 0.25) is 11.8 Å². The molecule has 3 heterocycles. The fourth-order valence-corrected chi connectivity index (χ4v) is 8.68. The number of carbonyl (C=O) groups excluding carboxylic acids is 3. The summed E-state index contributed by atoms with van der Waals surface area (Å²) in [6.45, 7) is 11.2. The summed E-state index contributed by atoms with van der Waals surface area (Å²) in [5.41, 5.74) is 0.675. The first-order valence-corrected chi connectivity index (χ1v) is 14.3. The third-order valence-electron chi connectivity index (χ3n) is 7.75. The van der Waals surface area contributed by atoms with Crippen LogP contribution in [0.15, 0.2) is 49.6 Å². The highest BCUT2D eigenvalue weighted by Crippen LogP contribution is 2.66. The summed E-state index contributed by atoms with van der Waals surface area (Å²) in [5, 5.41) is 10.1. The van der Waals surface area contributed by atoms with Crippen molar-refractivity contribution in [3.05, 3.63) is 54.6 Å². The van der Waals surface area contributed by atoms with Gasteiger partial charge in [-0.1, -0.05) is 30.7 Å². The van der Waals surface area contributed by atoms with E-state index in [0.29, 0.717) is 36.6 Å². The van der Waals surface area contributed by atoms with Crippen LogP contribution < -0.4 is 4.90 Å². The minimum Gasteiger partial charge on any atom is -0.396 e. The number of anilines is 1. The highest BCUT2D eigenvalue weighted by atomic mass is 35.5. The third-order valence-corrected chi connectivity index (χ3v) is 9.95. The van der Waals surface area contributed by atoms with Crippen LogP contribution in [0.3, 0.4) is 0 Å². The van der Waals surface area contributed by atoms with Crippen molar-refractivity contribution in [2.24, 2.45) is 11.8 Å². The van der Waals surface area contributed by atoms with Crippen LogP contribution in [-0.2, 0) is 14.4 Å². The number of nitrogens with zero attached hydrogens (tertiary/aromatic N) is 3. The Balaban J connectivity index is 1.74. The van der Waals surface area contributed by atoms with Crippen molar-refractivity contribution in [2.75, 3.05) is 37.7 Å². The van der Waals surface area contributed by atoms with Gasteiger partial charge in [-0.25, -0.2) is 0 Å². The molecule has 7 nitrogen and oxygen atoms in total. The second kappa shape index (κ2) is 11.6. The Bertz CT molecular complexity index is 1050. The van der Waals surface area contributed by atoms with Crippen LogP contribution in [-0.4, -0.2) is 81.5 Å². The Morgan fingerprint density at radius 3 is 2.54 bits per heavy atom. The van der Waals surface area contributed by atoms with Crippen molar-refractivity contribution in [2.45, 2.75) is 48.6 Å². The third kappa shape index (κ3) is 4.84. The van der Waals surface area contributed by atoms with Gasteiger partial charge in [0.25, 0.3) is 5.91 Å². The first kappa shape index (κ1) is 27.7. The zero-order valence-electron chi connectivity index (χ0n) is 21.4. The predicted molar refractivity (Wildman–Crippen MR) is 149 cm³/mol. The van der Waals surface area contributed by atoms with Gasteiger partial charge in [-0.05, 0) is 49.9 Å². The van der Waals surface area contributed by atoms with Gasteiger partial charge >= 0.3 is 0 Å². The summed E-state index contributed by atoms with van der Waals surface area (Å²) < 4.78 is -0.674. The number of hydrogen-bond donors (Lipinski definition) is 1. The summed E-state index contributed by atoms with van der Waals surface area (Å²) >= 11 is 7.75. The average Bonchev–Trinajstić information content (AvgIpc) is 3.53. The Kier molecular flexibility index (Phi) is 8.71. The lowest BCUT2D eigenvalue weighted by molar-refractivity contribution is -0.144. The molecule has 1 spiro atoms. The van der Waals surface area contributed by atoms with Gasteiger partial charge in [0.1, 0.15) is 6.04 Å². The van der Waals surface area contributed by atoms with E-state index in [-0.39, 0.29) is 42.7 Å². The van der Waals surface area contributed by atoms with Crippen LogP contribution in [0.5, 0.6) is 0 Å². The number of aliphatic hydroxyl groups excluding tert-OH is 1. The summed E-state index contributed by atoms with van der Waals surface area (Å²) in [5.74, 6) is -1.37. The van der Waals surface area contributed by atoms with E-state index >= 15 is 0 Å². The van der Waals surface area contributed by atoms with E-state index < -0.39 is 22.6 Å². The molecule has 37 heavy (non-hydrogen) atoms. The Morgan fingerprint density at radius 2 is 1.92 bits per heavy atom. The van der Waals surface area contributed by atoms with Gasteiger partial charge in [0, 0.05) is 48.7 Å². The number of rotatable bonds is 12. The Morgan fingerprint density at radius 1 is 1.22 bits per heavy atom. The number of amides is 3. The Hall–Kier alpha value is -2.29. The molecule has 200 valence electrons. The van der Waals surface area contributed by atoms with Gasteiger partial charge in [0.05, 0.1) is 16.6 Å². The molecule has 3 fully saturated rings. The maximum atomic E-state index is 14.3. The van der Waals surface area contributed by atoms with Crippen molar-refractivity contribution >= 4 is 46.8 Å². The topological polar surface area (TPSA) is 81.2 Å². The number of likely N-dealkylation sites (tertiary alicyclic amines) is 1. The second-order valence-electron chi connectivity index (χ2n) is 9.95. The molecule has 3 aliphatic rings. The van der Waals surface area contributed by atoms with E-state index in [1.165, 1.54) is 0 Å². The molecule has 2 unspecified atom stereocenters. The number of aliphatic hydroxyl groups is 1. The molecule has 0 radical (unpaired) electrons. The first-order chi connectivity index (χ1) is 17.8. The van der Waals surface area contributed by atoms with Crippen LogP contribution in [0.4, 0.5) is 5.69 Å². The van der Waals surface area contributed by atoms with Gasteiger partial charge in [-0.15, -0.1) is 24.9 Å². The maximum absolute atomic E-state index is 14.3. The minimum atomic E-state index is -0.723. The SMILES string of the molecule is C=CCN(CCC)C(=O)[C@@H]1[C@H]2C(=O)N(CCCO)C(C(=O)N(CC=C)c3ccc(Cl)cc3)C23CC[C@H]1S3. The van der Waals surface area contributed by atoms with Crippen molar-refractivity contribution in [1.29, 1.82) is 0 Å². The first-order valence-electron chi connectivity index (χ1n) is 13.0. The van der Waals surface area contributed by atoms with Crippen molar-refractivity contribution in [3.8, 4) is 0 Å². The number of benzene rings is 1. The maximum Gasteiger partial charge on any atom is 0.251 e. The monoisotopic (exact) mass is 545 g/mol. The highest BCUT2D eigenvalue weighted by molar-refractivity contribution is 8.02. The zero-order chi connectivity index (χ0) is 26.7. The molecule has 1 N–H and O–H groups in total. The molecule has 5 atom stereocenters. The zero-order valence-corrected chi connectivity index (χ0v) is 22.9. The molecule has 2 bridgehead atoms. The van der Waals surface area contributed by atoms with Gasteiger partial charge in [0.15, 0.2) is 0 Å². The lowest BCUT2D eigenvalue weighted by atomic mass is 9.70. The van der Waals surface area contributed by atoms with Crippen molar-refractivity contribution in [1.82, 2.24) is 9.80 Å². The summed E-state index contributed by atoms with van der Waals surface area (Å²) in [7, 11) is 0. The van der Waals surface area contributed by atoms with Gasteiger partial charge in [-0.3, -0.25) is 14.4 Å². The second-order valence-corrected chi connectivity index (χ2v) is 12.0. The molecule has 0 saturated carbocycles. The van der Waals surface area contributed by atoms with E-state index in [4.69, 9.17) is 11.6 Å². The van der Waals surface area contributed by atoms with Crippen LogP contribution in [0.1, 0.15) is 32.6 Å². The molecule has 9 heteroatoms. The van der Waals surface area contributed by atoms with Gasteiger partial charge < -0.3 is 19.8 Å². The van der Waals surface area contributed by atoms with Crippen LogP contribution in [0.25, 0.3) is 0 Å². The van der Waals surface area contributed by atoms with Gasteiger partial charge in [-0.2, -0.15) is 0 Å². The molecular formula is C28H36ClN3O4S. The minimum absolute atomic E-state index is 0.00398. The lowest BCUT2D eigenvalue weighted by Crippen LogP contribution is -2.55. The largest absolute Gasteiger partial charge is 0.396 e. The van der Waals surface area contributed by atoms with E-state index in [9.17, 15) is 19.5 Å². The number of carbonyl (C=O) groups is 3. The fraction of sp³-hybridized carbons (Fsp3) is 0.536. The number of fused-ring (bicyclic) bond motifs is 1. The standard InChI is InChI=1S/C28H36ClN3O4S/c1-4-14-30(15-5-2)25(34)22-21-12-13-28(37-21)23(22)26(35)32(17-7-18-33)24(28)27(36)31(16-6-3)20-10-8-19(29)9-11-20/h4,6,8-11,21-24,33H,1,3,5,7,12-18H2,2H3/t21-,22+,23+,24?,28?/m1/s1. The van der Waals surface area contributed by atoms with Crippen LogP contribution >= 0.6 is 23.4 Å². The molecule has 0 aromatic heterocycles. The van der Waals surface area contributed by atoms with E-state index in [2.05, 4.69) is 13.2 Å². The number of thioether (sulfide) groups is 1. The van der Waals surface area contributed by atoms with E-state index in [0.717, 1.165) is 12.8 Å². The number of hydrogen-bond acceptors (Lipinski definition) is 5. The Labute approximate surface area is 228 Å². The molecule has 1 aromatic carbocycles. The molecule has 3 saturated heterocycles. The van der Waals surface area contributed by atoms with Crippen molar-refractivity contribution in [3.63, 3.8) is 0 Å². The quantitative estimate of drug-likeness (QED) is 0.405. The van der Waals surface area contributed by atoms with Crippen LogP contribution in [0, 0.1) is 11.8 Å². The van der Waals surface area contributed by atoms with E-state index in [1.807, 2.05) is 6.92 Å². The smallest absolute Gasteiger partial charge is 0.251 e. The normalized spacial score (nSPS) is 27.8. The molecule has 3 amide bonds. The molecule has 3 aliphatic heterocycles. The van der Waals surface area contributed by atoms with E-state index in [1.54, 1.807) is 62.9 Å². The molecule has 1 aromatic rings. The molecule has 0 aliphatic carbocycles. The summed E-state index contributed by atoms with van der Waals surface area (Å²) in [6.07, 6.45) is 6.06. The fourth-order valence-electron chi connectivity index (χ4n) is 6.34. The molecular weight excluding hydrogens is 510 g/mol. The van der Waals surface area contributed by atoms with Crippen molar-refractivity contribution < 1.29 is 19.5 Å². The number of halogens is 1.